The number of nitrogens with one attached hydrogen (secondary N) is 1. The molecule has 0 rings (SSSR count). The number of alkyl halides is 2. The standard InChI is InChI=1S/C6H9Cl3N2.ClH/c1-3-4(7)11-5(10)6(2,8)9;/h3H,1-2H3,(H2,10,11);1H/b4-3+;. The Labute approximate surface area is 93.2 Å². The fourth-order valence-electron chi connectivity index (χ4n) is 0.311. The van der Waals surface area contributed by atoms with Gasteiger partial charge < -0.3 is 12.4 Å². The highest BCUT2D eigenvalue weighted by Crippen LogP contribution is 2.16. The smallest absolute Gasteiger partial charge is 0.282 e. The van der Waals surface area contributed by atoms with Crippen LogP contribution < -0.4 is 23.1 Å². The second-order valence-electron chi connectivity index (χ2n) is 2.06. The summed E-state index contributed by atoms with van der Waals surface area (Å²) >= 11 is 16.9. The van der Waals surface area contributed by atoms with E-state index in [4.69, 9.17) is 40.5 Å². The lowest BCUT2D eigenvalue weighted by Crippen LogP contribution is -3.00. The normalized spacial score (nSPS) is 14.1. The van der Waals surface area contributed by atoms with Crippen LogP contribution in [0.25, 0.3) is 0 Å². The van der Waals surface area contributed by atoms with Crippen molar-refractivity contribution in [2.24, 2.45) is 5.73 Å². The van der Waals surface area contributed by atoms with Crippen LogP contribution in [0.5, 0.6) is 0 Å². The maximum atomic E-state index is 5.64. The van der Waals surface area contributed by atoms with E-state index in [1.807, 2.05) is 0 Å². The zero-order valence-corrected chi connectivity index (χ0v) is 9.69. The maximum absolute atomic E-state index is 5.64. The van der Waals surface area contributed by atoms with E-state index in [1.165, 1.54) is 0 Å². The molecule has 2 nitrogen and oxygen atoms in total. The van der Waals surface area contributed by atoms with Gasteiger partial charge in [-0.05, 0) is 31.5 Å². The molecule has 0 radical (unpaired) electrons. The first-order chi connectivity index (χ1) is 4.88. The molecule has 0 atom stereocenters. The predicted molar refractivity (Wildman–Crippen MR) is 49.9 cm³/mol. The molecule has 0 heterocycles. The van der Waals surface area contributed by atoms with Crippen LogP contribution in [0.2, 0.25) is 0 Å². The third kappa shape index (κ3) is 5.95. The summed E-state index contributed by atoms with van der Waals surface area (Å²) in [7, 11) is 0. The molecule has 0 aromatic carbocycles. The Morgan fingerprint density at radius 3 is 2.17 bits per heavy atom. The van der Waals surface area contributed by atoms with Gasteiger partial charge in [0.15, 0.2) is 5.16 Å². The van der Waals surface area contributed by atoms with Gasteiger partial charge in [-0.25, -0.2) is 4.99 Å². The fourth-order valence-corrected chi connectivity index (χ4v) is 0.507. The molecule has 0 spiro atoms. The molecule has 0 aliphatic rings. The van der Waals surface area contributed by atoms with Crippen molar-refractivity contribution in [1.29, 1.82) is 0 Å². The number of rotatable bonds is 2. The molecule has 0 aromatic rings. The van der Waals surface area contributed by atoms with E-state index in [9.17, 15) is 0 Å². The average Bonchev–Trinajstić information content (AvgIpc) is 1.85. The zero-order valence-electron chi connectivity index (χ0n) is 6.67. The third-order valence-electron chi connectivity index (χ3n) is 0.980. The molecule has 6 heteroatoms. The first-order valence-corrected chi connectivity index (χ1v) is 4.11. The van der Waals surface area contributed by atoms with Crippen molar-refractivity contribution in [2.45, 2.75) is 18.2 Å². The molecule has 0 bridgehead atoms. The Hall–Kier alpha value is 0.370. The molecule has 0 saturated heterocycles. The molecular weight excluding hydrogens is 242 g/mol. The van der Waals surface area contributed by atoms with E-state index >= 15 is 0 Å². The van der Waals surface area contributed by atoms with Crippen molar-refractivity contribution in [3.8, 4) is 0 Å². The van der Waals surface area contributed by atoms with Gasteiger partial charge >= 0.3 is 0 Å². The van der Waals surface area contributed by atoms with Crippen molar-refractivity contribution in [3.05, 3.63) is 11.2 Å². The van der Waals surface area contributed by atoms with Gasteiger partial charge in [0.05, 0.1) is 0 Å². The first kappa shape index (κ1) is 14.9. The number of nitrogens with two attached hydrogens (primary N) is 1. The molecule has 72 valence electrons. The summed E-state index contributed by atoms with van der Waals surface area (Å²) in [5.74, 6) is 0.212. The van der Waals surface area contributed by atoms with Crippen LogP contribution in [0.15, 0.2) is 11.2 Å². The van der Waals surface area contributed by atoms with Gasteiger partial charge in [-0.1, -0.05) is 23.2 Å². The second-order valence-corrected chi connectivity index (χ2v) is 4.18. The van der Waals surface area contributed by atoms with Crippen LogP contribution in [0.1, 0.15) is 13.8 Å². The third-order valence-corrected chi connectivity index (χ3v) is 1.70. The van der Waals surface area contributed by atoms with Crippen LogP contribution in [0.4, 0.5) is 0 Å². The van der Waals surface area contributed by atoms with Crippen molar-refractivity contribution in [3.63, 3.8) is 0 Å². The van der Waals surface area contributed by atoms with Crippen LogP contribution in [-0.2, 0) is 0 Å². The van der Waals surface area contributed by atoms with E-state index < -0.39 is 4.33 Å². The molecule has 0 unspecified atom stereocenters. The largest absolute Gasteiger partial charge is 1.00 e. The van der Waals surface area contributed by atoms with E-state index in [2.05, 4.69) is 4.99 Å². The van der Waals surface area contributed by atoms with Crippen molar-refractivity contribution in [1.82, 2.24) is 0 Å². The zero-order chi connectivity index (χ0) is 9.07. The second kappa shape index (κ2) is 5.92. The number of amidine groups is 1. The Morgan fingerprint density at radius 2 is 1.92 bits per heavy atom. The number of halogens is 4. The lowest BCUT2D eigenvalue weighted by atomic mass is 10.4. The van der Waals surface area contributed by atoms with Gasteiger partial charge in [-0.15, -0.1) is 0 Å². The van der Waals surface area contributed by atoms with Crippen LogP contribution in [0.3, 0.4) is 0 Å². The summed E-state index contributed by atoms with van der Waals surface area (Å²) in [6.07, 6.45) is 1.65. The van der Waals surface area contributed by atoms with Crippen LogP contribution in [-0.4, -0.2) is 10.2 Å². The Kier molecular flexibility index (Phi) is 7.34. The molecule has 0 aliphatic carbocycles. The van der Waals surface area contributed by atoms with Gasteiger partial charge in [0.25, 0.3) is 5.84 Å². The molecule has 0 amide bonds. The first-order valence-electron chi connectivity index (χ1n) is 2.97. The number of allylic oxidation sites excluding steroid dienone is 1. The Balaban J connectivity index is 0. The summed E-state index contributed by atoms with van der Waals surface area (Å²) in [5, 5.41) is 0.398. The van der Waals surface area contributed by atoms with Crippen molar-refractivity contribution in [2.75, 3.05) is 0 Å². The fraction of sp³-hybridized carbons (Fsp3) is 0.500. The minimum atomic E-state index is -1.11. The van der Waals surface area contributed by atoms with Crippen LogP contribution in [0, 0.1) is 0 Å². The molecule has 0 saturated carbocycles. The SMILES string of the molecule is C/C=C(Cl)/[NH+]=C(/N)C(C)(Cl)Cl.[Cl-]. The van der Waals surface area contributed by atoms with Gasteiger partial charge in [0.2, 0.25) is 4.33 Å². The highest BCUT2D eigenvalue weighted by Gasteiger charge is 2.27. The van der Waals surface area contributed by atoms with Crippen molar-refractivity contribution >= 4 is 40.6 Å². The minimum absolute atomic E-state index is 0. The van der Waals surface area contributed by atoms with E-state index in [0.29, 0.717) is 5.16 Å². The highest BCUT2D eigenvalue weighted by atomic mass is 35.5. The average molecular weight is 252 g/mol. The maximum Gasteiger partial charge on any atom is 0.282 e. The molecule has 0 fully saturated rings. The molecular formula is C6H10Cl4N2. The summed E-state index contributed by atoms with van der Waals surface area (Å²) in [4.78, 5) is 2.63. The molecule has 0 aromatic heterocycles. The molecule has 0 aliphatic heterocycles. The summed E-state index contributed by atoms with van der Waals surface area (Å²) in [5.41, 5.74) is 5.44. The lowest BCUT2D eigenvalue weighted by Gasteiger charge is -2.05. The lowest BCUT2D eigenvalue weighted by molar-refractivity contribution is -0.386. The highest BCUT2D eigenvalue weighted by molar-refractivity contribution is 6.57. The number of hydrogen-bond acceptors (Lipinski definition) is 0. The monoisotopic (exact) mass is 250 g/mol. The summed E-state index contributed by atoms with van der Waals surface area (Å²) in [6.45, 7) is 3.32. The van der Waals surface area contributed by atoms with Gasteiger partial charge in [-0.2, -0.15) is 0 Å². The molecule has 3 N–H and O–H groups in total. The topological polar surface area (TPSA) is 40.0 Å². The molecule has 12 heavy (non-hydrogen) atoms. The summed E-state index contributed by atoms with van der Waals surface area (Å²) < 4.78 is -1.11. The quantitative estimate of drug-likeness (QED) is 0.247. The van der Waals surface area contributed by atoms with Crippen LogP contribution >= 0.6 is 34.8 Å². The van der Waals surface area contributed by atoms with Crippen molar-refractivity contribution < 1.29 is 17.4 Å². The minimum Gasteiger partial charge on any atom is -1.00 e. The van der Waals surface area contributed by atoms with E-state index in [0.717, 1.165) is 0 Å². The Morgan fingerprint density at radius 1 is 1.50 bits per heavy atom. The van der Waals surface area contributed by atoms with Gasteiger partial charge in [0.1, 0.15) is 0 Å². The number of hydrogen-bond donors (Lipinski definition) is 2. The predicted octanol–water partition coefficient (Wildman–Crippen LogP) is -2.28. The van der Waals surface area contributed by atoms with E-state index in [-0.39, 0.29) is 18.2 Å². The van der Waals surface area contributed by atoms with E-state index in [1.54, 1.807) is 19.9 Å². The summed E-state index contributed by atoms with van der Waals surface area (Å²) in [6, 6.07) is 0. The van der Waals surface area contributed by atoms with Gasteiger partial charge in [0, 0.05) is 0 Å². The van der Waals surface area contributed by atoms with Gasteiger partial charge in [-0.3, -0.25) is 5.73 Å². The Bertz CT molecular complexity index is 192.